The molecule has 0 unspecified atom stereocenters. The van der Waals surface area contributed by atoms with E-state index < -0.39 is 0 Å². The van der Waals surface area contributed by atoms with Crippen molar-refractivity contribution in [3.63, 3.8) is 0 Å². The first kappa shape index (κ1) is 19.1. The van der Waals surface area contributed by atoms with Gasteiger partial charge in [-0.25, -0.2) is 0 Å². The Balaban J connectivity index is 0.00000264. The molecule has 1 aromatic rings. The predicted molar refractivity (Wildman–Crippen MR) is 101 cm³/mol. The smallest absolute Gasteiger partial charge is 0.261 e. The summed E-state index contributed by atoms with van der Waals surface area (Å²) < 4.78 is 0. The molecule has 23 heavy (non-hydrogen) atoms. The molecule has 2 amide bonds. The van der Waals surface area contributed by atoms with E-state index in [-0.39, 0.29) is 42.3 Å². The van der Waals surface area contributed by atoms with E-state index in [1.807, 2.05) is 6.92 Å². The number of guanidine groups is 1. The van der Waals surface area contributed by atoms with E-state index >= 15 is 0 Å². The number of fused-ring (bicyclic) bond motifs is 1. The quantitative estimate of drug-likeness (QED) is 0.238. The first-order chi connectivity index (χ1) is 10.7. The topological polar surface area (TPSA) is 73.8 Å². The van der Waals surface area contributed by atoms with Gasteiger partial charge in [0, 0.05) is 19.6 Å². The zero-order valence-electron chi connectivity index (χ0n) is 13.0. The summed E-state index contributed by atoms with van der Waals surface area (Å²) in [7, 11) is 0. The van der Waals surface area contributed by atoms with Gasteiger partial charge in [-0.3, -0.25) is 19.5 Å². The van der Waals surface area contributed by atoms with Gasteiger partial charge in [-0.15, -0.1) is 30.6 Å². The van der Waals surface area contributed by atoms with Crippen LogP contribution in [0.2, 0.25) is 0 Å². The number of carbonyl (C=O) groups is 2. The van der Waals surface area contributed by atoms with Crippen molar-refractivity contribution >= 4 is 41.8 Å². The average molecular weight is 428 g/mol. The number of imide groups is 1. The Morgan fingerprint density at radius 2 is 1.83 bits per heavy atom. The van der Waals surface area contributed by atoms with E-state index in [4.69, 9.17) is 0 Å². The van der Waals surface area contributed by atoms with Crippen LogP contribution in [0.3, 0.4) is 0 Å². The number of aliphatic imine (C=N–C) groups is 1. The minimum absolute atomic E-state index is 0. The lowest BCUT2D eigenvalue weighted by atomic mass is 10.1. The lowest BCUT2D eigenvalue weighted by molar-refractivity contribution is 0.0659. The molecular weight excluding hydrogens is 407 g/mol. The highest BCUT2D eigenvalue weighted by molar-refractivity contribution is 14.0. The van der Waals surface area contributed by atoms with Crippen LogP contribution in [0.1, 0.15) is 27.6 Å². The normalized spacial score (nSPS) is 13.4. The van der Waals surface area contributed by atoms with Gasteiger partial charge in [-0.2, -0.15) is 0 Å². The summed E-state index contributed by atoms with van der Waals surface area (Å²) in [5.74, 6) is 0.138. The van der Waals surface area contributed by atoms with Gasteiger partial charge in [-0.1, -0.05) is 18.2 Å². The summed E-state index contributed by atoms with van der Waals surface area (Å²) in [4.78, 5) is 30.0. The number of halogens is 1. The van der Waals surface area contributed by atoms with Crippen LogP contribution in [-0.2, 0) is 0 Å². The van der Waals surface area contributed by atoms with Crippen LogP contribution in [-0.4, -0.2) is 48.9 Å². The minimum atomic E-state index is -0.250. The highest BCUT2D eigenvalue weighted by atomic mass is 127. The zero-order valence-corrected chi connectivity index (χ0v) is 15.4. The number of hydrogen-bond acceptors (Lipinski definition) is 3. The van der Waals surface area contributed by atoms with Crippen LogP contribution >= 0.6 is 24.0 Å². The number of hydrogen-bond donors (Lipinski definition) is 2. The maximum atomic E-state index is 12.2. The Kier molecular flexibility index (Phi) is 7.73. The molecular formula is C16H21IN4O2. The van der Waals surface area contributed by atoms with Crippen LogP contribution < -0.4 is 10.6 Å². The molecule has 1 aliphatic heterocycles. The molecule has 0 radical (unpaired) electrons. The molecule has 2 N–H and O–H groups in total. The van der Waals surface area contributed by atoms with Gasteiger partial charge >= 0.3 is 0 Å². The minimum Gasteiger partial charge on any atom is -0.357 e. The predicted octanol–water partition coefficient (Wildman–Crippen LogP) is 1.64. The van der Waals surface area contributed by atoms with Gasteiger partial charge < -0.3 is 10.6 Å². The molecule has 0 atom stereocenters. The van der Waals surface area contributed by atoms with Crippen LogP contribution in [0.15, 0.2) is 41.9 Å². The fourth-order valence-electron chi connectivity index (χ4n) is 2.21. The molecule has 124 valence electrons. The third-order valence-electron chi connectivity index (χ3n) is 3.23. The second kappa shape index (κ2) is 9.29. The summed E-state index contributed by atoms with van der Waals surface area (Å²) >= 11 is 0. The molecule has 0 aromatic heterocycles. The first-order valence-electron chi connectivity index (χ1n) is 7.27. The fourth-order valence-corrected chi connectivity index (χ4v) is 2.21. The van der Waals surface area contributed by atoms with E-state index in [1.54, 1.807) is 30.3 Å². The maximum Gasteiger partial charge on any atom is 0.261 e. The third kappa shape index (κ3) is 4.54. The molecule has 0 saturated heterocycles. The lowest BCUT2D eigenvalue weighted by Crippen LogP contribution is -2.38. The maximum absolute atomic E-state index is 12.2. The first-order valence-corrected chi connectivity index (χ1v) is 7.27. The molecule has 6 nitrogen and oxygen atoms in total. The number of amides is 2. The number of rotatable bonds is 6. The van der Waals surface area contributed by atoms with E-state index in [1.165, 1.54) is 4.90 Å². The monoisotopic (exact) mass is 428 g/mol. The molecule has 7 heteroatoms. The van der Waals surface area contributed by atoms with Gasteiger partial charge in [0.1, 0.15) is 0 Å². The highest BCUT2D eigenvalue weighted by Gasteiger charge is 2.34. The molecule has 0 saturated carbocycles. The standard InChI is InChI=1S/C16H20N4O2.HI/c1-3-9-18-16(17-4-2)19-10-11-20-14(21)12-7-5-6-8-13(12)15(20)22;/h3,5-8H,1,4,9-11H2,2H3,(H2,17,18,19);1H. The van der Waals surface area contributed by atoms with Crippen molar-refractivity contribution < 1.29 is 9.59 Å². The largest absolute Gasteiger partial charge is 0.357 e. The molecule has 0 aliphatic carbocycles. The van der Waals surface area contributed by atoms with Crippen molar-refractivity contribution in [1.29, 1.82) is 0 Å². The highest BCUT2D eigenvalue weighted by Crippen LogP contribution is 2.21. The van der Waals surface area contributed by atoms with E-state index in [9.17, 15) is 9.59 Å². The van der Waals surface area contributed by atoms with Crippen LogP contribution in [0.5, 0.6) is 0 Å². The van der Waals surface area contributed by atoms with Crippen molar-refractivity contribution in [2.75, 3.05) is 26.2 Å². The molecule has 1 aromatic carbocycles. The molecule has 1 aliphatic rings. The summed E-state index contributed by atoms with van der Waals surface area (Å²) in [6.07, 6.45) is 1.73. The Bertz CT molecular complexity index is 581. The van der Waals surface area contributed by atoms with Crippen molar-refractivity contribution in [2.45, 2.75) is 6.92 Å². The van der Waals surface area contributed by atoms with Gasteiger partial charge in [0.25, 0.3) is 11.8 Å². The van der Waals surface area contributed by atoms with Crippen molar-refractivity contribution in [3.8, 4) is 0 Å². The van der Waals surface area contributed by atoms with Gasteiger partial charge in [0.2, 0.25) is 0 Å². The second-order valence-corrected chi connectivity index (χ2v) is 4.74. The molecule has 0 spiro atoms. The summed E-state index contributed by atoms with van der Waals surface area (Å²) in [5.41, 5.74) is 0.932. The molecule has 1 heterocycles. The summed E-state index contributed by atoms with van der Waals surface area (Å²) in [6, 6.07) is 6.87. The van der Waals surface area contributed by atoms with Crippen LogP contribution in [0.4, 0.5) is 0 Å². The Hall–Kier alpha value is -1.90. The Morgan fingerprint density at radius 3 is 2.35 bits per heavy atom. The summed E-state index contributed by atoms with van der Waals surface area (Å²) in [5, 5.41) is 6.15. The van der Waals surface area contributed by atoms with Gasteiger partial charge in [0.15, 0.2) is 5.96 Å². The third-order valence-corrected chi connectivity index (χ3v) is 3.23. The molecule has 0 bridgehead atoms. The average Bonchev–Trinajstić information content (AvgIpc) is 2.78. The van der Waals surface area contributed by atoms with Crippen LogP contribution in [0, 0.1) is 0 Å². The summed E-state index contributed by atoms with van der Waals surface area (Å²) in [6.45, 7) is 7.54. The zero-order chi connectivity index (χ0) is 15.9. The van der Waals surface area contributed by atoms with E-state index in [0.29, 0.717) is 30.2 Å². The number of carbonyl (C=O) groups excluding carboxylic acids is 2. The second-order valence-electron chi connectivity index (χ2n) is 4.74. The van der Waals surface area contributed by atoms with Crippen molar-refractivity contribution in [3.05, 3.63) is 48.0 Å². The Labute approximate surface area is 153 Å². The fraction of sp³-hybridized carbons (Fsp3) is 0.312. The van der Waals surface area contributed by atoms with E-state index in [0.717, 1.165) is 6.54 Å². The van der Waals surface area contributed by atoms with Crippen molar-refractivity contribution in [2.24, 2.45) is 4.99 Å². The number of nitrogens with one attached hydrogen (secondary N) is 2. The Morgan fingerprint density at radius 1 is 1.22 bits per heavy atom. The lowest BCUT2D eigenvalue weighted by Gasteiger charge is -2.13. The van der Waals surface area contributed by atoms with Crippen LogP contribution in [0.25, 0.3) is 0 Å². The molecule has 0 fully saturated rings. The van der Waals surface area contributed by atoms with Crippen molar-refractivity contribution in [1.82, 2.24) is 15.5 Å². The van der Waals surface area contributed by atoms with Gasteiger partial charge in [-0.05, 0) is 19.1 Å². The van der Waals surface area contributed by atoms with E-state index in [2.05, 4.69) is 22.2 Å². The SMILES string of the molecule is C=CCNC(=NCCN1C(=O)c2ccccc2C1=O)NCC.I. The number of benzene rings is 1. The number of nitrogens with zero attached hydrogens (tertiary/aromatic N) is 2. The van der Waals surface area contributed by atoms with Gasteiger partial charge in [0.05, 0.1) is 17.7 Å². The molecule has 2 rings (SSSR count).